The van der Waals surface area contributed by atoms with E-state index in [1.165, 1.54) is 17.0 Å². The summed E-state index contributed by atoms with van der Waals surface area (Å²) in [6, 6.07) is 10.0. The minimum atomic E-state index is -3.80. The van der Waals surface area contributed by atoms with Gasteiger partial charge in [-0.05, 0) is 63.4 Å². The standard InChI is InChI=1S/C25H34FN3O4S/c1-7-22(25(31)27-17(2)3)28(15-20-9-11-21(26)12-10-20)24(30)16-29(34(6,32)33)23-13-8-18(4)14-19(23)5/h8-14,17,22H,7,15-16H2,1-6H3,(H,27,31)/t22-/m0/s1. The van der Waals surface area contributed by atoms with Gasteiger partial charge in [-0.3, -0.25) is 13.9 Å². The first-order chi connectivity index (χ1) is 15.8. The molecule has 0 aliphatic carbocycles. The molecule has 0 bridgehead atoms. The van der Waals surface area contributed by atoms with Crippen molar-refractivity contribution >= 4 is 27.5 Å². The topological polar surface area (TPSA) is 86.8 Å². The lowest BCUT2D eigenvalue weighted by Crippen LogP contribution is -2.53. The molecule has 186 valence electrons. The quantitative estimate of drug-likeness (QED) is 0.551. The molecular formula is C25H34FN3O4S. The fourth-order valence-electron chi connectivity index (χ4n) is 3.77. The third kappa shape index (κ3) is 7.28. The highest BCUT2D eigenvalue weighted by Gasteiger charge is 2.32. The molecule has 34 heavy (non-hydrogen) atoms. The van der Waals surface area contributed by atoms with Crippen LogP contribution in [0.25, 0.3) is 0 Å². The van der Waals surface area contributed by atoms with Gasteiger partial charge in [-0.25, -0.2) is 12.8 Å². The Bertz CT molecular complexity index is 1120. The van der Waals surface area contributed by atoms with Gasteiger partial charge in [0.1, 0.15) is 18.4 Å². The average molecular weight is 492 g/mol. The van der Waals surface area contributed by atoms with Crippen molar-refractivity contribution in [3.63, 3.8) is 0 Å². The van der Waals surface area contributed by atoms with Crippen LogP contribution >= 0.6 is 0 Å². The SMILES string of the molecule is CC[C@@H](C(=O)NC(C)C)N(Cc1ccc(F)cc1)C(=O)CN(c1ccc(C)cc1C)S(C)(=O)=O. The van der Waals surface area contributed by atoms with Gasteiger partial charge in [0.05, 0.1) is 11.9 Å². The van der Waals surface area contributed by atoms with Crippen molar-refractivity contribution in [3.8, 4) is 0 Å². The summed E-state index contributed by atoms with van der Waals surface area (Å²) in [5, 5.41) is 2.83. The number of hydrogen-bond acceptors (Lipinski definition) is 4. The molecule has 2 aromatic carbocycles. The van der Waals surface area contributed by atoms with Crippen LogP contribution in [-0.2, 0) is 26.2 Å². The lowest BCUT2D eigenvalue weighted by Gasteiger charge is -2.33. The fourth-order valence-corrected chi connectivity index (χ4v) is 4.67. The maximum Gasteiger partial charge on any atom is 0.244 e. The number of nitrogens with zero attached hydrogens (tertiary/aromatic N) is 2. The van der Waals surface area contributed by atoms with E-state index in [0.29, 0.717) is 23.2 Å². The minimum absolute atomic E-state index is 0.0353. The van der Waals surface area contributed by atoms with Crippen molar-refractivity contribution < 1.29 is 22.4 Å². The van der Waals surface area contributed by atoms with Crippen LogP contribution in [0.5, 0.6) is 0 Å². The Morgan fingerprint density at radius 3 is 2.18 bits per heavy atom. The van der Waals surface area contributed by atoms with E-state index in [4.69, 9.17) is 0 Å². The van der Waals surface area contributed by atoms with E-state index in [-0.39, 0.29) is 18.5 Å². The monoisotopic (exact) mass is 491 g/mol. The number of amides is 2. The average Bonchev–Trinajstić information content (AvgIpc) is 2.72. The molecule has 0 fully saturated rings. The van der Waals surface area contributed by atoms with Gasteiger partial charge in [-0.2, -0.15) is 0 Å². The van der Waals surface area contributed by atoms with Crippen molar-refractivity contribution in [1.82, 2.24) is 10.2 Å². The maximum atomic E-state index is 13.6. The summed E-state index contributed by atoms with van der Waals surface area (Å²) in [4.78, 5) is 27.9. The molecule has 9 heteroatoms. The number of carbonyl (C=O) groups is 2. The van der Waals surface area contributed by atoms with Crippen molar-refractivity contribution in [1.29, 1.82) is 0 Å². The molecule has 0 aliphatic heterocycles. The highest BCUT2D eigenvalue weighted by molar-refractivity contribution is 7.92. The fraction of sp³-hybridized carbons (Fsp3) is 0.440. The number of anilines is 1. The highest BCUT2D eigenvalue weighted by atomic mass is 32.2. The second-order valence-electron chi connectivity index (χ2n) is 8.80. The van der Waals surface area contributed by atoms with Crippen molar-refractivity contribution in [2.45, 2.75) is 59.7 Å². The Labute approximate surface area is 202 Å². The lowest BCUT2D eigenvalue weighted by molar-refractivity contribution is -0.140. The van der Waals surface area contributed by atoms with E-state index in [0.717, 1.165) is 16.1 Å². The van der Waals surface area contributed by atoms with Gasteiger partial charge in [-0.1, -0.05) is 36.8 Å². The van der Waals surface area contributed by atoms with Gasteiger partial charge < -0.3 is 10.2 Å². The number of hydrogen-bond donors (Lipinski definition) is 1. The van der Waals surface area contributed by atoms with Gasteiger partial charge in [0, 0.05) is 12.6 Å². The molecule has 2 amide bonds. The van der Waals surface area contributed by atoms with Gasteiger partial charge >= 0.3 is 0 Å². The zero-order valence-corrected chi connectivity index (χ0v) is 21.4. The van der Waals surface area contributed by atoms with Gasteiger partial charge in [-0.15, -0.1) is 0 Å². The maximum absolute atomic E-state index is 13.6. The predicted molar refractivity (Wildman–Crippen MR) is 132 cm³/mol. The Morgan fingerprint density at radius 2 is 1.68 bits per heavy atom. The van der Waals surface area contributed by atoms with E-state index in [1.807, 2.05) is 26.8 Å². The first-order valence-corrected chi connectivity index (χ1v) is 13.1. The van der Waals surface area contributed by atoms with E-state index < -0.39 is 34.3 Å². The summed E-state index contributed by atoms with van der Waals surface area (Å²) >= 11 is 0. The summed E-state index contributed by atoms with van der Waals surface area (Å²) in [6.45, 7) is 8.68. The minimum Gasteiger partial charge on any atom is -0.352 e. The molecule has 0 saturated heterocycles. The molecule has 0 radical (unpaired) electrons. The molecule has 0 saturated carbocycles. The van der Waals surface area contributed by atoms with E-state index >= 15 is 0 Å². The zero-order chi connectivity index (χ0) is 25.6. The zero-order valence-electron chi connectivity index (χ0n) is 20.6. The van der Waals surface area contributed by atoms with Crippen molar-refractivity contribution in [2.75, 3.05) is 17.1 Å². The molecule has 2 aromatic rings. The molecule has 2 rings (SSSR count). The molecule has 1 N–H and O–H groups in total. The molecule has 7 nitrogen and oxygen atoms in total. The third-order valence-corrected chi connectivity index (χ3v) is 6.51. The number of carbonyl (C=O) groups excluding carboxylic acids is 2. The van der Waals surface area contributed by atoms with Crippen molar-refractivity contribution in [3.05, 3.63) is 65.0 Å². The van der Waals surface area contributed by atoms with Gasteiger partial charge in [0.15, 0.2) is 0 Å². The van der Waals surface area contributed by atoms with E-state index in [2.05, 4.69) is 5.32 Å². The Kier molecular flexibility index (Phi) is 9.21. The molecule has 1 atom stereocenters. The number of nitrogens with one attached hydrogen (secondary N) is 1. The summed E-state index contributed by atoms with van der Waals surface area (Å²) in [5.41, 5.74) is 2.72. The Balaban J connectivity index is 2.46. The van der Waals surface area contributed by atoms with Crippen LogP contribution in [-0.4, -0.2) is 50.0 Å². The van der Waals surface area contributed by atoms with E-state index in [1.54, 1.807) is 38.1 Å². The van der Waals surface area contributed by atoms with Crippen molar-refractivity contribution in [2.24, 2.45) is 0 Å². The number of sulfonamides is 1. The van der Waals surface area contributed by atoms with Crippen LogP contribution in [0.2, 0.25) is 0 Å². The van der Waals surface area contributed by atoms with Crippen LogP contribution in [0, 0.1) is 19.7 Å². The Morgan fingerprint density at radius 1 is 1.06 bits per heavy atom. The lowest BCUT2D eigenvalue weighted by atomic mass is 10.1. The molecule has 0 heterocycles. The predicted octanol–water partition coefficient (Wildman–Crippen LogP) is 3.54. The van der Waals surface area contributed by atoms with Crippen LogP contribution in [0.15, 0.2) is 42.5 Å². The molecule has 0 unspecified atom stereocenters. The number of rotatable bonds is 10. The van der Waals surface area contributed by atoms with Crippen LogP contribution < -0.4 is 9.62 Å². The van der Waals surface area contributed by atoms with Crippen LogP contribution in [0.4, 0.5) is 10.1 Å². The normalized spacial score (nSPS) is 12.4. The molecule has 0 aliphatic rings. The molecule has 0 aromatic heterocycles. The highest BCUT2D eigenvalue weighted by Crippen LogP contribution is 2.24. The number of benzene rings is 2. The first-order valence-electron chi connectivity index (χ1n) is 11.2. The second kappa shape index (κ2) is 11.5. The summed E-state index contributed by atoms with van der Waals surface area (Å²) in [7, 11) is -3.80. The summed E-state index contributed by atoms with van der Waals surface area (Å²) in [6.07, 6.45) is 1.38. The number of halogens is 1. The third-order valence-electron chi connectivity index (χ3n) is 5.38. The Hall–Kier alpha value is -2.94. The number of aryl methyl sites for hydroxylation is 2. The summed E-state index contributed by atoms with van der Waals surface area (Å²) < 4.78 is 39.8. The largest absolute Gasteiger partial charge is 0.352 e. The van der Waals surface area contributed by atoms with Crippen LogP contribution in [0.1, 0.15) is 43.9 Å². The molecular weight excluding hydrogens is 457 g/mol. The molecule has 0 spiro atoms. The summed E-state index contributed by atoms with van der Waals surface area (Å²) in [5.74, 6) is -1.27. The smallest absolute Gasteiger partial charge is 0.244 e. The van der Waals surface area contributed by atoms with E-state index in [9.17, 15) is 22.4 Å². The van der Waals surface area contributed by atoms with Crippen LogP contribution in [0.3, 0.4) is 0 Å². The second-order valence-corrected chi connectivity index (χ2v) is 10.7. The van der Waals surface area contributed by atoms with Gasteiger partial charge in [0.2, 0.25) is 21.8 Å². The first kappa shape index (κ1) is 27.3. The van der Waals surface area contributed by atoms with Gasteiger partial charge in [0.25, 0.3) is 0 Å².